The summed E-state index contributed by atoms with van der Waals surface area (Å²) in [7, 11) is 0. The number of pyridine rings is 1. The molecule has 1 aromatic carbocycles. The normalized spacial score (nSPS) is 10.2. The Morgan fingerprint density at radius 1 is 1.13 bits per heavy atom. The molecule has 0 fully saturated rings. The Hall–Kier alpha value is -1.83. The molecule has 0 amide bonds. The fourth-order valence-electron chi connectivity index (χ4n) is 1.57. The van der Waals surface area contributed by atoms with Crippen LogP contribution in [0.2, 0.25) is 0 Å². The minimum absolute atomic E-state index is 0.617. The highest BCUT2D eigenvalue weighted by Crippen LogP contribution is 2.13. The minimum atomic E-state index is 0.617. The van der Waals surface area contributed by atoms with Gasteiger partial charge < -0.3 is 5.73 Å². The molecule has 2 nitrogen and oxygen atoms in total. The predicted octanol–water partition coefficient (Wildman–Crippen LogP) is 2.56. The van der Waals surface area contributed by atoms with E-state index in [0.29, 0.717) is 5.82 Å². The molecule has 2 aromatic rings. The lowest BCUT2D eigenvalue weighted by Gasteiger charge is -2.04. The van der Waals surface area contributed by atoms with E-state index < -0.39 is 0 Å². The lowest BCUT2D eigenvalue weighted by atomic mass is 10.1. The van der Waals surface area contributed by atoms with E-state index in [-0.39, 0.29) is 0 Å². The Balaban J connectivity index is 2.22. The monoisotopic (exact) mass is 198 g/mol. The molecular weight excluding hydrogens is 184 g/mol. The van der Waals surface area contributed by atoms with Crippen LogP contribution in [0.25, 0.3) is 0 Å². The van der Waals surface area contributed by atoms with Crippen molar-refractivity contribution in [3.05, 3.63) is 59.3 Å². The summed E-state index contributed by atoms with van der Waals surface area (Å²) in [6, 6.07) is 12.4. The zero-order valence-electron chi connectivity index (χ0n) is 8.77. The van der Waals surface area contributed by atoms with Crippen molar-refractivity contribution < 1.29 is 0 Å². The largest absolute Gasteiger partial charge is 0.383 e. The summed E-state index contributed by atoms with van der Waals surface area (Å²) in [6.45, 7) is 1.98. The molecule has 0 aliphatic heterocycles. The van der Waals surface area contributed by atoms with Crippen molar-refractivity contribution in [2.45, 2.75) is 13.3 Å². The van der Waals surface area contributed by atoms with Crippen LogP contribution in [0.4, 0.5) is 5.82 Å². The molecule has 1 aromatic heterocycles. The van der Waals surface area contributed by atoms with Crippen molar-refractivity contribution >= 4 is 5.82 Å². The average molecular weight is 198 g/mol. The first kappa shape index (κ1) is 9.71. The topological polar surface area (TPSA) is 38.9 Å². The van der Waals surface area contributed by atoms with Gasteiger partial charge in [0.15, 0.2) is 0 Å². The lowest BCUT2D eigenvalue weighted by Crippen LogP contribution is -1.96. The molecule has 0 radical (unpaired) electrons. The Kier molecular flexibility index (Phi) is 2.68. The number of hydrogen-bond donors (Lipinski definition) is 1. The van der Waals surface area contributed by atoms with Crippen LogP contribution in [0.5, 0.6) is 0 Å². The number of nitrogen functional groups attached to an aromatic ring is 1. The summed E-state index contributed by atoms with van der Waals surface area (Å²) in [5.41, 5.74) is 9.21. The number of aromatic nitrogens is 1. The Morgan fingerprint density at radius 2 is 1.87 bits per heavy atom. The second-order valence-electron chi connectivity index (χ2n) is 3.71. The SMILES string of the molecule is Cc1cc(Cc2ccccc2)cnc1N. The summed E-state index contributed by atoms with van der Waals surface area (Å²) in [6.07, 6.45) is 2.75. The van der Waals surface area contributed by atoms with Gasteiger partial charge in [0.2, 0.25) is 0 Å². The molecule has 76 valence electrons. The third kappa shape index (κ3) is 2.34. The van der Waals surface area contributed by atoms with E-state index in [4.69, 9.17) is 5.73 Å². The molecule has 0 spiro atoms. The fourth-order valence-corrected chi connectivity index (χ4v) is 1.57. The molecule has 0 aliphatic rings. The summed E-state index contributed by atoms with van der Waals surface area (Å²) >= 11 is 0. The van der Waals surface area contributed by atoms with Crippen LogP contribution < -0.4 is 5.73 Å². The molecule has 1 heterocycles. The van der Waals surface area contributed by atoms with Gasteiger partial charge in [0.25, 0.3) is 0 Å². The first-order valence-corrected chi connectivity index (χ1v) is 5.00. The molecule has 0 atom stereocenters. The van der Waals surface area contributed by atoms with Gasteiger partial charge in [0.1, 0.15) is 5.82 Å². The number of hydrogen-bond acceptors (Lipinski definition) is 2. The maximum Gasteiger partial charge on any atom is 0.126 e. The summed E-state index contributed by atoms with van der Waals surface area (Å²) < 4.78 is 0. The van der Waals surface area contributed by atoms with Gasteiger partial charge in [0.05, 0.1) is 0 Å². The van der Waals surface area contributed by atoms with Crippen molar-refractivity contribution in [1.82, 2.24) is 4.98 Å². The number of anilines is 1. The Morgan fingerprint density at radius 3 is 2.53 bits per heavy atom. The lowest BCUT2D eigenvalue weighted by molar-refractivity contribution is 1.13. The van der Waals surface area contributed by atoms with E-state index in [1.807, 2.05) is 31.3 Å². The maximum atomic E-state index is 5.67. The highest BCUT2D eigenvalue weighted by atomic mass is 14.8. The van der Waals surface area contributed by atoms with Gasteiger partial charge in [-0.15, -0.1) is 0 Å². The minimum Gasteiger partial charge on any atom is -0.383 e. The van der Waals surface area contributed by atoms with Crippen molar-refractivity contribution in [1.29, 1.82) is 0 Å². The van der Waals surface area contributed by atoms with Crippen LogP contribution in [0.1, 0.15) is 16.7 Å². The van der Waals surface area contributed by atoms with E-state index in [1.165, 1.54) is 11.1 Å². The summed E-state index contributed by atoms with van der Waals surface area (Å²) in [4.78, 5) is 4.15. The first-order chi connectivity index (χ1) is 7.25. The molecule has 2 heteroatoms. The maximum absolute atomic E-state index is 5.67. The van der Waals surface area contributed by atoms with Crippen LogP contribution >= 0.6 is 0 Å². The average Bonchev–Trinajstić information content (AvgIpc) is 2.25. The third-order valence-corrected chi connectivity index (χ3v) is 2.43. The van der Waals surface area contributed by atoms with Gasteiger partial charge in [-0.3, -0.25) is 0 Å². The molecular formula is C13H14N2. The van der Waals surface area contributed by atoms with E-state index in [2.05, 4.69) is 23.2 Å². The fraction of sp³-hybridized carbons (Fsp3) is 0.154. The molecule has 2 N–H and O–H groups in total. The van der Waals surface area contributed by atoms with Crippen LogP contribution in [-0.4, -0.2) is 4.98 Å². The first-order valence-electron chi connectivity index (χ1n) is 5.00. The van der Waals surface area contributed by atoms with Gasteiger partial charge in [-0.05, 0) is 30.0 Å². The van der Waals surface area contributed by atoms with E-state index in [9.17, 15) is 0 Å². The number of nitrogens with two attached hydrogens (primary N) is 1. The van der Waals surface area contributed by atoms with E-state index in [1.54, 1.807) is 0 Å². The summed E-state index contributed by atoms with van der Waals surface area (Å²) in [5, 5.41) is 0. The van der Waals surface area contributed by atoms with Crippen molar-refractivity contribution in [3.8, 4) is 0 Å². The van der Waals surface area contributed by atoms with Gasteiger partial charge in [-0.25, -0.2) is 4.98 Å². The van der Waals surface area contributed by atoms with Crippen LogP contribution in [0.3, 0.4) is 0 Å². The zero-order valence-corrected chi connectivity index (χ0v) is 8.77. The van der Waals surface area contributed by atoms with Gasteiger partial charge >= 0.3 is 0 Å². The molecule has 15 heavy (non-hydrogen) atoms. The van der Waals surface area contributed by atoms with Gasteiger partial charge in [-0.2, -0.15) is 0 Å². The van der Waals surface area contributed by atoms with Crippen molar-refractivity contribution in [3.63, 3.8) is 0 Å². The highest BCUT2D eigenvalue weighted by Gasteiger charge is 1.99. The standard InChI is InChI=1S/C13H14N2/c1-10-7-12(9-15-13(10)14)8-11-5-3-2-4-6-11/h2-7,9H,8H2,1H3,(H2,14,15). The van der Waals surface area contributed by atoms with Crippen molar-refractivity contribution in [2.24, 2.45) is 0 Å². The van der Waals surface area contributed by atoms with Crippen molar-refractivity contribution in [2.75, 3.05) is 5.73 Å². The number of rotatable bonds is 2. The summed E-state index contributed by atoms with van der Waals surface area (Å²) in [5.74, 6) is 0.617. The predicted molar refractivity (Wildman–Crippen MR) is 62.6 cm³/mol. The second kappa shape index (κ2) is 4.13. The van der Waals surface area contributed by atoms with Gasteiger partial charge in [0, 0.05) is 6.20 Å². The molecule has 0 saturated heterocycles. The number of nitrogens with zero attached hydrogens (tertiary/aromatic N) is 1. The number of benzene rings is 1. The second-order valence-corrected chi connectivity index (χ2v) is 3.71. The zero-order chi connectivity index (χ0) is 10.7. The third-order valence-electron chi connectivity index (χ3n) is 2.43. The quantitative estimate of drug-likeness (QED) is 0.805. The Labute approximate surface area is 89.8 Å². The molecule has 0 saturated carbocycles. The molecule has 0 bridgehead atoms. The smallest absolute Gasteiger partial charge is 0.126 e. The van der Waals surface area contributed by atoms with E-state index >= 15 is 0 Å². The Bertz CT molecular complexity index is 449. The molecule has 2 rings (SSSR count). The highest BCUT2D eigenvalue weighted by molar-refractivity contribution is 5.40. The van der Waals surface area contributed by atoms with Crippen LogP contribution in [0, 0.1) is 6.92 Å². The van der Waals surface area contributed by atoms with Gasteiger partial charge in [-0.1, -0.05) is 36.4 Å². The van der Waals surface area contributed by atoms with Crippen LogP contribution in [0.15, 0.2) is 42.6 Å². The van der Waals surface area contributed by atoms with E-state index in [0.717, 1.165) is 12.0 Å². The van der Waals surface area contributed by atoms with Crippen LogP contribution in [-0.2, 0) is 6.42 Å². The number of aryl methyl sites for hydroxylation is 1. The molecule has 0 aliphatic carbocycles. The molecule has 0 unspecified atom stereocenters.